The highest BCUT2D eigenvalue weighted by molar-refractivity contribution is 7.99. The minimum absolute atomic E-state index is 0.0447. The number of amides is 2. The maximum absolute atomic E-state index is 12.9. The van der Waals surface area contributed by atoms with E-state index in [4.69, 9.17) is 23.2 Å². The van der Waals surface area contributed by atoms with Crippen LogP contribution >= 0.6 is 35.0 Å². The van der Waals surface area contributed by atoms with Crippen LogP contribution in [-0.4, -0.2) is 32.3 Å². The van der Waals surface area contributed by atoms with Crippen molar-refractivity contribution >= 4 is 52.5 Å². The highest BCUT2D eigenvalue weighted by Gasteiger charge is 2.26. The van der Waals surface area contributed by atoms with Crippen LogP contribution in [0.4, 0.5) is 5.69 Å². The molecule has 10 heteroatoms. The van der Waals surface area contributed by atoms with E-state index in [1.807, 2.05) is 37.5 Å². The summed E-state index contributed by atoms with van der Waals surface area (Å²) in [5, 5.41) is 15.9. The van der Waals surface area contributed by atoms with Crippen LogP contribution < -0.4 is 10.6 Å². The molecule has 0 aliphatic carbocycles. The highest BCUT2D eigenvalue weighted by atomic mass is 35.5. The molecule has 1 aromatic heterocycles. The number of nitrogens with zero attached hydrogens (tertiary/aromatic N) is 3. The topological polar surface area (TPSA) is 88.9 Å². The zero-order valence-corrected chi connectivity index (χ0v) is 22.0. The van der Waals surface area contributed by atoms with Gasteiger partial charge in [-0.3, -0.25) is 9.59 Å². The molecule has 0 bridgehead atoms. The van der Waals surface area contributed by atoms with Crippen molar-refractivity contribution in [2.75, 3.05) is 11.1 Å². The Morgan fingerprint density at radius 2 is 1.86 bits per heavy atom. The van der Waals surface area contributed by atoms with Crippen LogP contribution in [0.15, 0.2) is 60.3 Å². The molecule has 0 saturated heterocycles. The summed E-state index contributed by atoms with van der Waals surface area (Å²) in [7, 11) is 0. The van der Waals surface area contributed by atoms with Crippen LogP contribution in [-0.2, 0) is 11.3 Å². The van der Waals surface area contributed by atoms with Crippen molar-refractivity contribution in [2.24, 2.45) is 5.92 Å². The number of allylic oxidation sites excluding steroid dienone is 1. The lowest BCUT2D eigenvalue weighted by atomic mass is 10.0. The van der Waals surface area contributed by atoms with E-state index in [-0.39, 0.29) is 29.5 Å². The third-order valence-electron chi connectivity index (χ3n) is 5.14. The van der Waals surface area contributed by atoms with Gasteiger partial charge in [-0.15, -0.1) is 16.8 Å². The molecule has 35 heavy (non-hydrogen) atoms. The summed E-state index contributed by atoms with van der Waals surface area (Å²) in [4.78, 5) is 25.4. The molecule has 0 fully saturated rings. The lowest BCUT2D eigenvalue weighted by molar-refractivity contribution is -0.113. The Labute approximate surface area is 219 Å². The molecule has 2 aromatic carbocycles. The first-order chi connectivity index (χ1) is 16.7. The number of hydrogen-bond donors (Lipinski definition) is 2. The standard InChI is InChI=1S/C25H27Cl2N5O2S/c1-5-12-32-23(22(15(2)3)29-24(34)17-8-6-16(4)7-9-17)30-31-25(32)35-14-21(33)28-20-13-18(26)10-11-19(20)27/h5-11,13,15,22H,1,12,14H2,2-4H3,(H,28,33)(H,29,34)/t22-/m1/s1. The summed E-state index contributed by atoms with van der Waals surface area (Å²) in [5.74, 6) is 0.274. The summed E-state index contributed by atoms with van der Waals surface area (Å²) in [6, 6.07) is 11.9. The monoisotopic (exact) mass is 531 g/mol. The zero-order chi connectivity index (χ0) is 25.5. The third-order valence-corrected chi connectivity index (χ3v) is 6.67. The number of aryl methyl sites for hydroxylation is 1. The molecule has 184 valence electrons. The minimum atomic E-state index is -0.385. The molecule has 1 atom stereocenters. The number of aromatic nitrogens is 3. The number of anilines is 1. The van der Waals surface area contributed by atoms with E-state index in [1.54, 1.807) is 36.4 Å². The van der Waals surface area contributed by atoms with E-state index in [9.17, 15) is 9.59 Å². The Balaban J connectivity index is 1.75. The van der Waals surface area contributed by atoms with Crippen LogP contribution in [0.25, 0.3) is 0 Å². The number of thioether (sulfide) groups is 1. The molecule has 0 unspecified atom stereocenters. The molecule has 2 N–H and O–H groups in total. The maximum atomic E-state index is 12.9. The van der Waals surface area contributed by atoms with Gasteiger partial charge >= 0.3 is 0 Å². The van der Waals surface area contributed by atoms with Crippen LogP contribution in [0.5, 0.6) is 0 Å². The number of hydrogen-bond acceptors (Lipinski definition) is 5. The SMILES string of the molecule is C=CCn1c(SCC(=O)Nc2cc(Cl)ccc2Cl)nnc1[C@H](NC(=O)c1ccc(C)cc1)C(C)C. The van der Waals surface area contributed by atoms with Crippen molar-refractivity contribution in [1.29, 1.82) is 0 Å². The van der Waals surface area contributed by atoms with Gasteiger partial charge in [0.25, 0.3) is 5.91 Å². The van der Waals surface area contributed by atoms with Gasteiger partial charge in [0.1, 0.15) is 0 Å². The molecular formula is C25H27Cl2N5O2S. The van der Waals surface area contributed by atoms with E-state index in [0.29, 0.717) is 38.8 Å². The van der Waals surface area contributed by atoms with Crippen LogP contribution in [0.1, 0.15) is 41.6 Å². The summed E-state index contributed by atoms with van der Waals surface area (Å²) in [6.45, 7) is 10.2. The van der Waals surface area contributed by atoms with Gasteiger partial charge in [-0.25, -0.2) is 0 Å². The third kappa shape index (κ3) is 7.10. The largest absolute Gasteiger partial charge is 0.342 e. The summed E-state index contributed by atoms with van der Waals surface area (Å²) >= 11 is 13.4. The molecule has 2 amide bonds. The van der Waals surface area contributed by atoms with E-state index < -0.39 is 0 Å². The number of nitrogens with one attached hydrogen (secondary N) is 2. The van der Waals surface area contributed by atoms with E-state index >= 15 is 0 Å². The molecule has 0 spiro atoms. The van der Waals surface area contributed by atoms with Gasteiger partial charge < -0.3 is 15.2 Å². The molecular weight excluding hydrogens is 505 g/mol. The first kappa shape index (κ1) is 26.8. The Bertz CT molecular complexity index is 1210. The lowest BCUT2D eigenvalue weighted by Crippen LogP contribution is -2.33. The maximum Gasteiger partial charge on any atom is 0.251 e. The molecule has 0 aliphatic heterocycles. The fourth-order valence-corrected chi connectivity index (χ4v) is 4.40. The van der Waals surface area contributed by atoms with Crippen LogP contribution in [0.2, 0.25) is 10.0 Å². The molecule has 7 nitrogen and oxygen atoms in total. The predicted octanol–water partition coefficient (Wildman–Crippen LogP) is 5.94. The smallest absolute Gasteiger partial charge is 0.251 e. The molecule has 0 saturated carbocycles. The zero-order valence-electron chi connectivity index (χ0n) is 19.7. The summed E-state index contributed by atoms with van der Waals surface area (Å²) < 4.78 is 1.86. The molecule has 3 aromatic rings. The van der Waals surface area contributed by atoms with E-state index in [0.717, 1.165) is 5.56 Å². The summed E-state index contributed by atoms with van der Waals surface area (Å²) in [5.41, 5.74) is 2.09. The van der Waals surface area contributed by atoms with Gasteiger partial charge in [0.15, 0.2) is 11.0 Å². The normalized spacial score (nSPS) is 11.8. The second-order valence-electron chi connectivity index (χ2n) is 8.26. The van der Waals surface area contributed by atoms with Gasteiger partial charge in [-0.2, -0.15) is 0 Å². The Morgan fingerprint density at radius 1 is 1.14 bits per heavy atom. The van der Waals surface area contributed by atoms with Crippen molar-refractivity contribution in [1.82, 2.24) is 20.1 Å². The number of rotatable bonds is 10. The highest BCUT2D eigenvalue weighted by Crippen LogP contribution is 2.28. The van der Waals surface area contributed by atoms with Crippen LogP contribution in [0, 0.1) is 12.8 Å². The second-order valence-corrected chi connectivity index (χ2v) is 10.0. The quantitative estimate of drug-likeness (QED) is 0.249. The number of carbonyl (C=O) groups excluding carboxylic acids is 2. The first-order valence-electron chi connectivity index (χ1n) is 11.0. The molecule has 3 rings (SSSR count). The molecule has 1 heterocycles. The lowest BCUT2D eigenvalue weighted by Gasteiger charge is -2.22. The average Bonchev–Trinajstić information content (AvgIpc) is 3.21. The van der Waals surface area contributed by atoms with E-state index in [2.05, 4.69) is 27.4 Å². The second kappa shape index (κ2) is 12.2. The Hall–Kier alpha value is -2.81. The predicted molar refractivity (Wildman–Crippen MR) is 142 cm³/mol. The Kier molecular flexibility index (Phi) is 9.37. The fraction of sp³-hybridized carbons (Fsp3) is 0.280. The number of carbonyl (C=O) groups is 2. The average molecular weight is 532 g/mol. The fourth-order valence-electron chi connectivity index (χ4n) is 3.31. The summed E-state index contributed by atoms with van der Waals surface area (Å²) in [6.07, 6.45) is 1.72. The van der Waals surface area contributed by atoms with Gasteiger partial charge in [-0.1, -0.05) is 72.6 Å². The van der Waals surface area contributed by atoms with E-state index in [1.165, 1.54) is 11.8 Å². The van der Waals surface area contributed by atoms with Crippen LogP contribution in [0.3, 0.4) is 0 Å². The van der Waals surface area contributed by atoms with Gasteiger partial charge in [0.05, 0.1) is 22.5 Å². The number of benzene rings is 2. The van der Waals surface area contributed by atoms with Crippen molar-refractivity contribution in [2.45, 2.75) is 38.5 Å². The molecule has 0 aliphatic rings. The van der Waals surface area contributed by atoms with Gasteiger partial charge in [-0.05, 0) is 43.2 Å². The van der Waals surface area contributed by atoms with Crippen molar-refractivity contribution in [3.8, 4) is 0 Å². The van der Waals surface area contributed by atoms with Gasteiger partial charge in [0.2, 0.25) is 5.91 Å². The first-order valence-corrected chi connectivity index (χ1v) is 12.7. The van der Waals surface area contributed by atoms with Gasteiger partial charge in [0, 0.05) is 17.1 Å². The Morgan fingerprint density at radius 3 is 2.51 bits per heavy atom. The van der Waals surface area contributed by atoms with Crippen molar-refractivity contribution < 1.29 is 9.59 Å². The number of halogens is 2. The minimum Gasteiger partial charge on any atom is -0.342 e. The molecule has 0 radical (unpaired) electrons. The van der Waals surface area contributed by atoms with Crippen molar-refractivity contribution in [3.05, 3.63) is 82.1 Å². The van der Waals surface area contributed by atoms with Crippen molar-refractivity contribution in [3.63, 3.8) is 0 Å².